The van der Waals surface area contributed by atoms with Crippen LogP contribution >= 0.6 is 0 Å². The number of rotatable bonds is 6. The number of hydrazine groups is 1. The van der Waals surface area contributed by atoms with Crippen molar-refractivity contribution in [3.8, 4) is 5.75 Å². The predicted molar refractivity (Wildman–Crippen MR) is 82.8 cm³/mol. The summed E-state index contributed by atoms with van der Waals surface area (Å²) in [5.41, 5.74) is 4.71. The molecule has 1 amide bonds. The molecule has 0 fully saturated rings. The first-order chi connectivity index (χ1) is 10.2. The molecule has 108 valence electrons. The van der Waals surface area contributed by atoms with E-state index >= 15 is 0 Å². The lowest BCUT2D eigenvalue weighted by molar-refractivity contribution is 0.0953. The van der Waals surface area contributed by atoms with Gasteiger partial charge in [0.05, 0.1) is 0 Å². The number of nitrogen functional groups attached to an aromatic ring is 1. The standard InChI is InChI=1S/C17H18N2O2/c1-2-5-14-6-3-4-7-16(14)21-12-13-8-10-15(11-9-13)17(20)19-18/h2-4,6-11H,1,5,12,18H2,(H,19,20). The molecule has 0 bridgehead atoms. The van der Waals surface area contributed by atoms with Crippen LogP contribution in [0.2, 0.25) is 0 Å². The van der Waals surface area contributed by atoms with E-state index in [0.717, 1.165) is 23.3 Å². The number of carbonyl (C=O) groups excluding carboxylic acids is 1. The van der Waals surface area contributed by atoms with Crippen molar-refractivity contribution in [3.63, 3.8) is 0 Å². The maximum absolute atomic E-state index is 11.3. The zero-order valence-electron chi connectivity index (χ0n) is 11.7. The molecule has 4 heteroatoms. The minimum Gasteiger partial charge on any atom is -0.489 e. The van der Waals surface area contributed by atoms with Gasteiger partial charge in [0.25, 0.3) is 5.91 Å². The van der Waals surface area contributed by atoms with Crippen molar-refractivity contribution in [1.29, 1.82) is 0 Å². The quantitative estimate of drug-likeness (QED) is 0.370. The lowest BCUT2D eigenvalue weighted by Crippen LogP contribution is -2.29. The van der Waals surface area contributed by atoms with E-state index in [9.17, 15) is 4.79 Å². The fraction of sp³-hybridized carbons (Fsp3) is 0.118. The van der Waals surface area contributed by atoms with Crippen LogP contribution in [-0.4, -0.2) is 5.91 Å². The van der Waals surface area contributed by atoms with Crippen molar-refractivity contribution in [2.45, 2.75) is 13.0 Å². The highest BCUT2D eigenvalue weighted by Crippen LogP contribution is 2.20. The Morgan fingerprint density at radius 3 is 2.57 bits per heavy atom. The second kappa shape index (κ2) is 7.26. The average molecular weight is 282 g/mol. The molecule has 2 rings (SSSR count). The van der Waals surface area contributed by atoms with Crippen molar-refractivity contribution in [1.82, 2.24) is 5.43 Å². The van der Waals surface area contributed by atoms with E-state index in [-0.39, 0.29) is 5.91 Å². The first-order valence-electron chi connectivity index (χ1n) is 6.66. The highest BCUT2D eigenvalue weighted by Gasteiger charge is 2.04. The van der Waals surface area contributed by atoms with Crippen molar-refractivity contribution in [2.75, 3.05) is 0 Å². The predicted octanol–water partition coefficient (Wildman–Crippen LogP) is 2.60. The third-order valence-corrected chi connectivity index (χ3v) is 3.08. The molecule has 0 unspecified atom stereocenters. The first kappa shape index (κ1) is 14.8. The van der Waals surface area contributed by atoms with Crippen molar-refractivity contribution < 1.29 is 9.53 Å². The number of nitrogens with two attached hydrogens (primary N) is 1. The van der Waals surface area contributed by atoms with Crippen molar-refractivity contribution >= 4 is 5.91 Å². The summed E-state index contributed by atoms with van der Waals surface area (Å²) in [7, 11) is 0. The largest absolute Gasteiger partial charge is 0.489 e. The normalized spacial score (nSPS) is 9.95. The van der Waals surface area contributed by atoms with Gasteiger partial charge in [-0.3, -0.25) is 10.2 Å². The molecule has 0 aliphatic heterocycles. The number of ether oxygens (including phenoxy) is 1. The Hall–Kier alpha value is -2.59. The van der Waals surface area contributed by atoms with Crippen molar-refractivity contribution in [3.05, 3.63) is 77.9 Å². The molecule has 3 N–H and O–H groups in total. The molecule has 2 aromatic carbocycles. The molecule has 4 nitrogen and oxygen atoms in total. The lowest BCUT2D eigenvalue weighted by Gasteiger charge is -2.10. The Morgan fingerprint density at radius 2 is 1.90 bits per heavy atom. The zero-order valence-corrected chi connectivity index (χ0v) is 11.7. The number of allylic oxidation sites excluding steroid dienone is 1. The highest BCUT2D eigenvalue weighted by molar-refractivity contribution is 5.93. The number of hydrogen-bond acceptors (Lipinski definition) is 3. The van der Waals surface area contributed by atoms with E-state index in [1.54, 1.807) is 12.1 Å². The molecule has 0 atom stereocenters. The number of benzene rings is 2. The number of hydrogen-bond donors (Lipinski definition) is 2. The van der Waals surface area contributed by atoms with Gasteiger partial charge in [-0.2, -0.15) is 0 Å². The van der Waals surface area contributed by atoms with E-state index in [2.05, 4.69) is 12.0 Å². The van der Waals surface area contributed by atoms with Gasteiger partial charge in [0.2, 0.25) is 0 Å². The Balaban J connectivity index is 2.03. The summed E-state index contributed by atoms with van der Waals surface area (Å²) in [5.74, 6) is 5.63. The van der Waals surface area contributed by atoms with Crippen LogP contribution in [0.5, 0.6) is 5.75 Å². The van der Waals surface area contributed by atoms with E-state index in [0.29, 0.717) is 12.2 Å². The van der Waals surface area contributed by atoms with Gasteiger partial charge in [-0.15, -0.1) is 6.58 Å². The Labute approximate surface area is 124 Å². The molecular formula is C17H18N2O2. The van der Waals surface area contributed by atoms with Gasteiger partial charge >= 0.3 is 0 Å². The maximum atomic E-state index is 11.3. The molecule has 0 aliphatic rings. The van der Waals surface area contributed by atoms with Crippen LogP contribution in [0, 0.1) is 0 Å². The molecule has 0 radical (unpaired) electrons. The fourth-order valence-corrected chi connectivity index (χ4v) is 1.97. The summed E-state index contributed by atoms with van der Waals surface area (Å²) in [6.45, 7) is 4.19. The number of nitrogens with one attached hydrogen (secondary N) is 1. The Morgan fingerprint density at radius 1 is 1.19 bits per heavy atom. The monoisotopic (exact) mass is 282 g/mol. The molecule has 0 aliphatic carbocycles. The second-order valence-corrected chi connectivity index (χ2v) is 4.56. The van der Waals surface area contributed by atoms with E-state index in [1.807, 2.05) is 42.5 Å². The van der Waals surface area contributed by atoms with Crippen LogP contribution in [0.4, 0.5) is 0 Å². The molecule has 0 saturated carbocycles. The van der Waals surface area contributed by atoms with Crippen LogP contribution in [0.15, 0.2) is 61.2 Å². The van der Waals surface area contributed by atoms with Crippen LogP contribution in [-0.2, 0) is 13.0 Å². The van der Waals surface area contributed by atoms with Crippen LogP contribution < -0.4 is 16.0 Å². The molecule has 2 aromatic rings. The molecule has 0 aromatic heterocycles. The van der Waals surface area contributed by atoms with Gasteiger partial charge < -0.3 is 4.74 Å². The molecular weight excluding hydrogens is 264 g/mol. The van der Waals surface area contributed by atoms with Crippen molar-refractivity contribution in [2.24, 2.45) is 5.84 Å². The first-order valence-corrected chi connectivity index (χ1v) is 6.66. The minimum atomic E-state index is -0.307. The lowest BCUT2D eigenvalue weighted by atomic mass is 10.1. The van der Waals surface area contributed by atoms with E-state index < -0.39 is 0 Å². The Kier molecular flexibility index (Phi) is 5.12. The summed E-state index contributed by atoms with van der Waals surface area (Å²) < 4.78 is 5.83. The van der Waals surface area contributed by atoms with Gasteiger partial charge in [-0.25, -0.2) is 5.84 Å². The van der Waals surface area contributed by atoms with Gasteiger partial charge in [0, 0.05) is 5.56 Å². The van der Waals surface area contributed by atoms with Gasteiger partial charge in [-0.05, 0) is 35.7 Å². The molecule has 21 heavy (non-hydrogen) atoms. The van der Waals surface area contributed by atoms with E-state index in [1.165, 1.54) is 0 Å². The average Bonchev–Trinajstić information content (AvgIpc) is 2.54. The number of carbonyl (C=O) groups is 1. The third kappa shape index (κ3) is 3.94. The molecule has 0 heterocycles. The second-order valence-electron chi connectivity index (χ2n) is 4.56. The topological polar surface area (TPSA) is 64.3 Å². The fourth-order valence-electron chi connectivity index (χ4n) is 1.97. The van der Waals surface area contributed by atoms with Crippen LogP contribution in [0.25, 0.3) is 0 Å². The number of para-hydroxylation sites is 1. The summed E-state index contributed by atoms with van der Waals surface area (Å²) in [6, 6.07) is 15.0. The highest BCUT2D eigenvalue weighted by atomic mass is 16.5. The Bertz CT molecular complexity index is 621. The smallest absolute Gasteiger partial charge is 0.265 e. The van der Waals surface area contributed by atoms with Gasteiger partial charge in [-0.1, -0.05) is 36.4 Å². The third-order valence-electron chi connectivity index (χ3n) is 3.08. The zero-order chi connectivity index (χ0) is 15.1. The molecule has 0 saturated heterocycles. The summed E-state index contributed by atoms with van der Waals surface area (Å²) in [5, 5.41) is 0. The van der Waals surface area contributed by atoms with E-state index in [4.69, 9.17) is 10.6 Å². The van der Waals surface area contributed by atoms with Crippen LogP contribution in [0.3, 0.4) is 0 Å². The maximum Gasteiger partial charge on any atom is 0.265 e. The minimum absolute atomic E-state index is 0.307. The summed E-state index contributed by atoms with van der Waals surface area (Å²) in [6.07, 6.45) is 2.62. The van der Waals surface area contributed by atoms with Crippen LogP contribution in [0.1, 0.15) is 21.5 Å². The van der Waals surface area contributed by atoms with Gasteiger partial charge in [0.15, 0.2) is 0 Å². The molecule has 0 spiro atoms. The van der Waals surface area contributed by atoms with Gasteiger partial charge in [0.1, 0.15) is 12.4 Å². The number of amides is 1. The SMILES string of the molecule is C=CCc1ccccc1OCc1ccc(C(=O)NN)cc1. The summed E-state index contributed by atoms with van der Waals surface area (Å²) >= 11 is 0. The summed E-state index contributed by atoms with van der Waals surface area (Å²) in [4.78, 5) is 11.3.